The van der Waals surface area contributed by atoms with Crippen molar-refractivity contribution >= 4 is 34.1 Å². The van der Waals surface area contributed by atoms with E-state index in [0.717, 1.165) is 5.56 Å². The van der Waals surface area contributed by atoms with E-state index < -0.39 is 0 Å². The minimum absolute atomic E-state index is 0.338. The summed E-state index contributed by atoms with van der Waals surface area (Å²) in [4.78, 5) is 18.3. The predicted molar refractivity (Wildman–Crippen MR) is 133 cm³/mol. The van der Waals surface area contributed by atoms with Crippen LogP contribution in [0.5, 0.6) is 23.0 Å². The Morgan fingerprint density at radius 1 is 0.824 bits per heavy atom. The van der Waals surface area contributed by atoms with Crippen LogP contribution >= 0.6 is 11.6 Å². The third-order valence-electron chi connectivity index (χ3n) is 5.37. The molecule has 0 unspecified atom stereocenters. The van der Waals surface area contributed by atoms with Gasteiger partial charge in [0.25, 0.3) is 5.91 Å². The highest BCUT2D eigenvalue weighted by molar-refractivity contribution is 6.32. The van der Waals surface area contributed by atoms with Gasteiger partial charge in [0.2, 0.25) is 0 Å². The lowest BCUT2D eigenvalue weighted by Crippen LogP contribution is -2.14. The third-order valence-corrected chi connectivity index (χ3v) is 5.66. The molecule has 0 fully saturated rings. The molecule has 0 saturated carbocycles. The Balaban J connectivity index is 1.83. The number of ether oxygens (including phenoxy) is 4. The number of hydrogen-bond acceptors (Lipinski definition) is 6. The molecule has 0 aliphatic rings. The number of carbonyl (C=O) groups is 1. The second-order valence-electron chi connectivity index (χ2n) is 7.28. The topological polar surface area (TPSA) is 78.9 Å². The second kappa shape index (κ2) is 9.89. The van der Waals surface area contributed by atoms with Crippen molar-refractivity contribution < 1.29 is 23.7 Å². The van der Waals surface area contributed by atoms with Crippen molar-refractivity contribution in [2.45, 2.75) is 0 Å². The summed E-state index contributed by atoms with van der Waals surface area (Å²) >= 11 is 6.20. The molecule has 0 radical (unpaired) electrons. The summed E-state index contributed by atoms with van der Waals surface area (Å²) in [6, 6.07) is 17.8. The molecule has 3 aromatic carbocycles. The number of aromatic nitrogens is 1. The van der Waals surface area contributed by atoms with Crippen molar-refractivity contribution in [1.29, 1.82) is 0 Å². The maximum absolute atomic E-state index is 13.5. The fourth-order valence-electron chi connectivity index (χ4n) is 3.66. The Labute approximate surface area is 202 Å². The zero-order valence-electron chi connectivity index (χ0n) is 19.1. The van der Waals surface area contributed by atoms with Crippen LogP contribution in [0.1, 0.15) is 10.4 Å². The van der Waals surface area contributed by atoms with Gasteiger partial charge < -0.3 is 24.3 Å². The Hall–Kier alpha value is -3.97. The molecule has 4 aromatic rings. The van der Waals surface area contributed by atoms with Gasteiger partial charge in [-0.25, -0.2) is 4.98 Å². The molecule has 8 heteroatoms. The van der Waals surface area contributed by atoms with Crippen molar-refractivity contribution in [2.24, 2.45) is 0 Å². The van der Waals surface area contributed by atoms with E-state index in [1.807, 2.05) is 36.4 Å². The standard InChI is InChI=1S/C26H23ClN2O5/c1-31-15-9-10-17(23(11-15)32-2)21-12-18(16-7-5-6-8-20(16)28-21)26(30)29-22-14-24(33-3)19(27)13-25(22)34-4/h5-14H,1-4H3,(H,29,30). The highest BCUT2D eigenvalue weighted by atomic mass is 35.5. The van der Waals surface area contributed by atoms with Crippen LogP contribution in [0.15, 0.2) is 60.7 Å². The SMILES string of the molecule is COc1ccc(-c2cc(C(=O)Nc3cc(OC)c(Cl)cc3OC)c3ccccc3n2)c(OC)c1. The van der Waals surface area contributed by atoms with Crippen LogP contribution in [0.2, 0.25) is 5.02 Å². The third kappa shape index (κ3) is 4.43. The molecular formula is C26H23ClN2O5. The van der Waals surface area contributed by atoms with Gasteiger partial charge in [-0.15, -0.1) is 0 Å². The van der Waals surface area contributed by atoms with E-state index in [2.05, 4.69) is 5.32 Å². The first-order chi connectivity index (χ1) is 16.5. The monoisotopic (exact) mass is 478 g/mol. The van der Waals surface area contributed by atoms with Crippen molar-refractivity contribution in [3.05, 3.63) is 71.2 Å². The Morgan fingerprint density at radius 2 is 1.56 bits per heavy atom. The molecule has 0 aliphatic carbocycles. The number of hydrogen-bond donors (Lipinski definition) is 1. The van der Waals surface area contributed by atoms with E-state index in [0.29, 0.717) is 55.9 Å². The first-order valence-electron chi connectivity index (χ1n) is 10.3. The van der Waals surface area contributed by atoms with E-state index in [1.165, 1.54) is 14.2 Å². The molecular weight excluding hydrogens is 456 g/mol. The fourth-order valence-corrected chi connectivity index (χ4v) is 3.89. The molecule has 0 saturated heterocycles. The zero-order chi connectivity index (χ0) is 24.2. The van der Waals surface area contributed by atoms with Crippen LogP contribution in [0.3, 0.4) is 0 Å². The van der Waals surface area contributed by atoms with Crippen LogP contribution in [0.25, 0.3) is 22.2 Å². The number of benzene rings is 3. The van der Waals surface area contributed by atoms with E-state index in [1.54, 1.807) is 38.5 Å². The van der Waals surface area contributed by atoms with E-state index in [9.17, 15) is 4.79 Å². The molecule has 1 N–H and O–H groups in total. The van der Waals surface area contributed by atoms with Gasteiger partial charge >= 0.3 is 0 Å². The van der Waals surface area contributed by atoms with E-state index in [4.69, 9.17) is 35.5 Å². The van der Waals surface area contributed by atoms with Gasteiger partial charge in [-0.1, -0.05) is 29.8 Å². The number of pyridine rings is 1. The molecule has 1 amide bonds. The van der Waals surface area contributed by atoms with Gasteiger partial charge in [0.15, 0.2) is 0 Å². The van der Waals surface area contributed by atoms with Gasteiger partial charge in [-0.2, -0.15) is 0 Å². The average molecular weight is 479 g/mol. The Morgan fingerprint density at radius 3 is 2.26 bits per heavy atom. The number of rotatable bonds is 7. The number of halogens is 1. The van der Waals surface area contributed by atoms with Crippen LogP contribution in [-0.4, -0.2) is 39.3 Å². The summed E-state index contributed by atoms with van der Waals surface area (Å²) in [6.45, 7) is 0. The zero-order valence-corrected chi connectivity index (χ0v) is 19.9. The van der Waals surface area contributed by atoms with Crippen LogP contribution < -0.4 is 24.3 Å². The van der Waals surface area contributed by atoms with Gasteiger partial charge in [0, 0.05) is 29.1 Å². The van der Waals surface area contributed by atoms with Crippen molar-refractivity contribution in [3.8, 4) is 34.3 Å². The lowest BCUT2D eigenvalue weighted by molar-refractivity contribution is 0.102. The van der Waals surface area contributed by atoms with Crippen molar-refractivity contribution in [2.75, 3.05) is 33.8 Å². The molecule has 7 nitrogen and oxygen atoms in total. The summed E-state index contributed by atoms with van der Waals surface area (Å²) in [6.07, 6.45) is 0. The molecule has 4 rings (SSSR count). The summed E-state index contributed by atoms with van der Waals surface area (Å²) in [5.74, 6) is 1.73. The Kier molecular flexibility index (Phi) is 6.75. The van der Waals surface area contributed by atoms with E-state index >= 15 is 0 Å². The quantitative estimate of drug-likeness (QED) is 0.359. The van der Waals surface area contributed by atoms with Crippen LogP contribution in [-0.2, 0) is 0 Å². The van der Waals surface area contributed by atoms with Crippen molar-refractivity contribution in [3.63, 3.8) is 0 Å². The van der Waals surface area contributed by atoms with Crippen LogP contribution in [0.4, 0.5) is 5.69 Å². The number of carbonyl (C=O) groups excluding carboxylic acids is 1. The molecule has 0 bridgehead atoms. The molecule has 34 heavy (non-hydrogen) atoms. The molecule has 1 heterocycles. The van der Waals surface area contributed by atoms with Gasteiger partial charge in [-0.05, 0) is 24.3 Å². The first kappa shape index (κ1) is 23.2. The van der Waals surface area contributed by atoms with Gasteiger partial charge in [0.1, 0.15) is 23.0 Å². The number of nitrogens with zero attached hydrogens (tertiary/aromatic N) is 1. The van der Waals surface area contributed by atoms with Crippen molar-refractivity contribution in [1.82, 2.24) is 4.98 Å². The fraction of sp³-hybridized carbons (Fsp3) is 0.154. The largest absolute Gasteiger partial charge is 0.497 e. The molecule has 1 aromatic heterocycles. The number of amides is 1. The Bertz CT molecular complexity index is 1370. The van der Waals surface area contributed by atoms with Gasteiger partial charge in [-0.3, -0.25) is 4.79 Å². The summed E-state index contributed by atoms with van der Waals surface area (Å²) in [5, 5.41) is 4.00. The minimum Gasteiger partial charge on any atom is -0.497 e. The number of fused-ring (bicyclic) bond motifs is 1. The molecule has 0 aliphatic heterocycles. The minimum atomic E-state index is -0.338. The normalized spacial score (nSPS) is 10.6. The summed E-state index contributed by atoms with van der Waals surface area (Å²) < 4.78 is 21.5. The van der Waals surface area contributed by atoms with E-state index in [-0.39, 0.29) is 5.91 Å². The number of anilines is 1. The van der Waals surface area contributed by atoms with Gasteiger partial charge in [0.05, 0.1) is 55.9 Å². The lowest BCUT2D eigenvalue weighted by atomic mass is 10.0. The maximum atomic E-state index is 13.5. The maximum Gasteiger partial charge on any atom is 0.256 e. The smallest absolute Gasteiger partial charge is 0.256 e. The highest BCUT2D eigenvalue weighted by Gasteiger charge is 2.19. The number of para-hydroxylation sites is 1. The highest BCUT2D eigenvalue weighted by Crippen LogP contribution is 2.37. The van der Waals surface area contributed by atoms with Crippen LogP contribution in [0, 0.1) is 0 Å². The average Bonchev–Trinajstić information content (AvgIpc) is 2.88. The predicted octanol–water partition coefficient (Wildman–Crippen LogP) is 5.84. The number of nitrogens with one attached hydrogen (secondary N) is 1. The summed E-state index contributed by atoms with van der Waals surface area (Å²) in [5.41, 5.74) is 2.86. The molecule has 0 atom stereocenters. The molecule has 174 valence electrons. The summed E-state index contributed by atoms with van der Waals surface area (Å²) in [7, 11) is 6.17. The first-order valence-corrected chi connectivity index (χ1v) is 10.7. The number of methoxy groups -OCH3 is 4. The second-order valence-corrected chi connectivity index (χ2v) is 7.69. The lowest BCUT2D eigenvalue weighted by Gasteiger charge is -2.15. The molecule has 0 spiro atoms.